The second kappa shape index (κ2) is 12.9. The normalized spacial score (nSPS) is 11.9. The van der Waals surface area contributed by atoms with Crippen molar-refractivity contribution in [3.05, 3.63) is 122 Å². The number of ether oxygens (including phenoxy) is 1. The van der Waals surface area contributed by atoms with Crippen molar-refractivity contribution in [2.45, 2.75) is 46.7 Å². The Morgan fingerprint density at radius 1 is 0.733 bits per heavy atom. The summed E-state index contributed by atoms with van der Waals surface area (Å²) in [6, 6.07) is 16.5. The Morgan fingerprint density at radius 2 is 1.29 bits per heavy atom. The van der Waals surface area contributed by atoms with Crippen LogP contribution in [0.1, 0.15) is 75.9 Å². The van der Waals surface area contributed by atoms with Crippen molar-refractivity contribution in [2.75, 3.05) is 12.4 Å². The predicted molar refractivity (Wildman–Crippen MR) is 166 cm³/mol. The molecule has 0 fully saturated rings. The second-order valence-electron chi connectivity index (χ2n) is 11.0. The van der Waals surface area contributed by atoms with E-state index in [1.54, 1.807) is 58.0 Å². The number of nitrogens with one attached hydrogen (secondary N) is 2. The minimum atomic E-state index is -4.58. The lowest BCUT2D eigenvalue weighted by atomic mass is 9.80. The summed E-state index contributed by atoms with van der Waals surface area (Å²) in [5.41, 5.74) is 2.89. The van der Waals surface area contributed by atoms with Gasteiger partial charge >= 0.3 is 12.1 Å². The van der Waals surface area contributed by atoms with E-state index in [-0.39, 0.29) is 45.3 Å². The quantitative estimate of drug-likeness (QED) is 0.186. The first-order chi connectivity index (χ1) is 21.1. The number of benzene rings is 4. The van der Waals surface area contributed by atoms with Crippen LogP contribution in [-0.4, -0.2) is 36.1 Å². The molecule has 2 amide bonds. The number of alkyl halides is 3. The molecule has 0 spiro atoms. The molecule has 4 aromatic rings. The summed E-state index contributed by atoms with van der Waals surface area (Å²) in [4.78, 5) is 37.4. The molecule has 0 saturated heterocycles. The van der Waals surface area contributed by atoms with E-state index in [0.717, 1.165) is 5.56 Å². The summed E-state index contributed by atoms with van der Waals surface area (Å²) in [6.45, 7) is 8.29. The van der Waals surface area contributed by atoms with Crippen molar-refractivity contribution in [3.63, 3.8) is 0 Å². The van der Waals surface area contributed by atoms with Gasteiger partial charge in [0.25, 0.3) is 11.8 Å². The molecule has 0 aliphatic rings. The maximum atomic E-state index is 14.7. The Kier molecular flexibility index (Phi) is 9.37. The first kappa shape index (κ1) is 32.8. The Morgan fingerprint density at radius 3 is 1.82 bits per heavy atom. The molecule has 10 heteroatoms. The molecule has 0 heterocycles. The molecular formula is C35H33F3N2O5. The van der Waals surface area contributed by atoms with Crippen molar-refractivity contribution in [1.82, 2.24) is 5.32 Å². The summed E-state index contributed by atoms with van der Waals surface area (Å²) in [5.74, 6) is -3.93. The van der Waals surface area contributed by atoms with E-state index in [1.807, 2.05) is 6.92 Å². The van der Waals surface area contributed by atoms with Crippen LogP contribution in [0.3, 0.4) is 0 Å². The second-order valence-corrected chi connectivity index (χ2v) is 11.0. The van der Waals surface area contributed by atoms with E-state index < -0.39 is 24.0 Å². The van der Waals surface area contributed by atoms with Gasteiger partial charge in [-0.1, -0.05) is 23.8 Å². The van der Waals surface area contributed by atoms with Crippen LogP contribution in [0.15, 0.2) is 66.7 Å². The van der Waals surface area contributed by atoms with Crippen molar-refractivity contribution in [3.8, 4) is 11.5 Å². The van der Waals surface area contributed by atoms with Crippen molar-refractivity contribution >= 4 is 23.5 Å². The van der Waals surface area contributed by atoms with Gasteiger partial charge in [0.15, 0.2) is 0 Å². The smallest absolute Gasteiger partial charge is 0.399 e. The molecule has 0 saturated carbocycles. The average Bonchev–Trinajstić information content (AvgIpc) is 2.94. The van der Waals surface area contributed by atoms with Crippen LogP contribution in [0.2, 0.25) is 0 Å². The van der Waals surface area contributed by atoms with Gasteiger partial charge in [-0.15, -0.1) is 0 Å². The minimum Gasteiger partial charge on any atom is -0.478 e. The largest absolute Gasteiger partial charge is 0.478 e. The monoisotopic (exact) mass is 618 g/mol. The summed E-state index contributed by atoms with van der Waals surface area (Å²) in [5, 5.41) is 14.9. The van der Waals surface area contributed by atoms with Crippen LogP contribution in [0.4, 0.5) is 18.9 Å². The number of carbonyl (C=O) groups excluding carboxylic acids is 2. The summed E-state index contributed by atoms with van der Waals surface area (Å²) < 4.78 is 49.9. The summed E-state index contributed by atoms with van der Waals surface area (Å²) >= 11 is 0. The van der Waals surface area contributed by atoms with Crippen molar-refractivity contribution in [1.29, 1.82) is 0 Å². The fraction of sp³-hybridized carbons (Fsp3) is 0.229. The van der Waals surface area contributed by atoms with E-state index in [4.69, 9.17) is 4.74 Å². The van der Waals surface area contributed by atoms with Crippen LogP contribution in [0.25, 0.3) is 0 Å². The molecule has 3 N–H and O–H groups in total. The Bertz CT molecular complexity index is 1770. The van der Waals surface area contributed by atoms with Gasteiger partial charge in [-0.25, -0.2) is 4.79 Å². The van der Waals surface area contributed by atoms with E-state index in [1.165, 1.54) is 43.4 Å². The highest BCUT2D eigenvalue weighted by molar-refractivity contribution is 6.11. The predicted octanol–water partition coefficient (Wildman–Crippen LogP) is 8.03. The minimum absolute atomic E-state index is 0.0937. The highest BCUT2D eigenvalue weighted by Crippen LogP contribution is 2.45. The zero-order chi connectivity index (χ0) is 33.2. The first-order valence-corrected chi connectivity index (χ1v) is 14.0. The number of carbonyl (C=O) groups is 3. The first-order valence-electron chi connectivity index (χ1n) is 14.0. The maximum Gasteiger partial charge on any atom is 0.399 e. The molecular weight excluding hydrogens is 585 g/mol. The van der Waals surface area contributed by atoms with Gasteiger partial charge in [0.1, 0.15) is 17.4 Å². The van der Waals surface area contributed by atoms with Gasteiger partial charge in [-0.3, -0.25) is 9.59 Å². The van der Waals surface area contributed by atoms with E-state index in [0.29, 0.717) is 27.8 Å². The molecule has 7 nitrogen and oxygen atoms in total. The number of hydrogen-bond acceptors (Lipinski definition) is 4. The SMILES string of the molecule is CNC(=O)c1cccc(Oc2ccc(C(=O)O)c(C(=O)Nc3cc(C)c(C(c4c(C)cc(C)cc4C)C(F)(F)F)c(C)c3)c2)c1. The molecule has 4 rings (SSSR count). The lowest BCUT2D eigenvalue weighted by molar-refractivity contribution is -0.141. The third-order valence-corrected chi connectivity index (χ3v) is 7.52. The zero-order valence-corrected chi connectivity index (χ0v) is 25.6. The fourth-order valence-electron chi connectivity index (χ4n) is 5.76. The molecule has 234 valence electrons. The molecule has 45 heavy (non-hydrogen) atoms. The molecule has 0 radical (unpaired) electrons. The molecule has 1 atom stereocenters. The van der Waals surface area contributed by atoms with E-state index in [9.17, 15) is 32.7 Å². The number of aromatic carboxylic acids is 1. The van der Waals surface area contributed by atoms with Gasteiger partial charge in [-0.2, -0.15) is 13.2 Å². The summed E-state index contributed by atoms with van der Waals surface area (Å²) in [6.07, 6.45) is -4.58. The molecule has 0 aliphatic heterocycles. The lowest BCUT2D eigenvalue weighted by Crippen LogP contribution is -2.26. The van der Waals surface area contributed by atoms with Crippen LogP contribution in [0.5, 0.6) is 11.5 Å². The zero-order valence-electron chi connectivity index (χ0n) is 25.6. The fourth-order valence-corrected chi connectivity index (χ4v) is 5.76. The van der Waals surface area contributed by atoms with Gasteiger partial charge in [0.2, 0.25) is 0 Å². The van der Waals surface area contributed by atoms with Crippen molar-refractivity contribution < 1.29 is 37.4 Å². The third kappa shape index (κ3) is 7.17. The Balaban J connectivity index is 1.69. The topological polar surface area (TPSA) is 105 Å². The standard InChI is InChI=1S/C35H33F3N2O5/c1-18-12-19(2)29(20(3)13-18)31(35(36,37)38)30-21(4)14-24(15-22(30)5)40-33(42)28-17-26(10-11-27(28)34(43)44)45-25-9-7-8-23(16-25)32(41)39-6/h7-17,31H,1-6H3,(H,39,41)(H,40,42)(H,43,44). The number of hydrogen-bond donors (Lipinski definition) is 3. The molecule has 4 aromatic carbocycles. The number of halogens is 3. The Labute approximate surface area is 259 Å². The van der Waals surface area contributed by atoms with Gasteiger partial charge in [0.05, 0.1) is 11.1 Å². The number of rotatable bonds is 8. The van der Waals surface area contributed by atoms with Crippen LogP contribution < -0.4 is 15.4 Å². The Hall–Kier alpha value is -5.12. The van der Waals surface area contributed by atoms with Crippen LogP contribution in [0, 0.1) is 34.6 Å². The average molecular weight is 619 g/mol. The number of carboxylic acid groups (broad SMARTS) is 1. The molecule has 0 aliphatic carbocycles. The molecule has 0 aromatic heterocycles. The number of anilines is 1. The van der Waals surface area contributed by atoms with Crippen LogP contribution >= 0.6 is 0 Å². The van der Waals surface area contributed by atoms with Crippen molar-refractivity contribution in [2.24, 2.45) is 0 Å². The van der Waals surface area contributed by atoms with Crippen LogP contribution in [-0.2, 0) is 0 Å². The number of amides is 2. The lowest BCUT2D eigenvalue weighted by Gasteiger charge is -2.28. The van der Waals surface area contributed by atoms with Gasteiger partial charge < -0.3 is 20.5 Å². The molecule has 1 unspecified atom stereocenters. The van der Waals surface area contributed by atoms with Gasteiger partial charge in [0, 0.05) is 18.3 Å². The van der Waals surface area contributed by atoms with Gasteiger partial charge in [-0.05, 0) is 117 Å². The maximum absolute atomic E-state index is 14.7. The number of carboxylic acids is 1. The van der Waals surface area contributed by atoms with E-state index >= 15 is 0 Å². The summed E-state index contributed by atoms with van der Waals surface area (Å²) in [7, 11) is 1.49. The highest BCUT2D eigenvalue weighted by Gasteiger charge is 2.44. The molecule has 0 bridgehead atoms. The third-order valence-electron chi connectivity index (χ3n) is 7.52. The highest BCUT2D eigenvalue weighted by atomic mass is 19.4. The number of aryl methyl sites for hydroxylation is 5. The van der Waals surface area contributed by atoms with E-state index in [2.05, 4.69) is 10.6 Å².